The predicted octanol–water partition coefficient (Wildman–Crippen LogP) is 3.84. The van der Waals surface area contributed by atoms with Crippen LogP contribution in [0.25, 0.3) is 0 Å². The number of benzene rings is 3. The summed E-state index contributed by atoms with van der Waals surface area (Å²) < 4.78 is 41.1. The Morgan fingerprint density at radius 1 is 0.938 bits per heavy atom. The molecule has 0 aliphatic rings. The maximum absolute atomic E-state index is 13.3. The van der Waals surface area contributed by atoms with Gasteiger partial charge in [-0.05, 0) is 17.7 Å². The maximum Gasteiger partial charge on any atom is 0.264 e. The number of nitrogens with one attached hydrogen (secondary N) is 1. The summed E-state index contributed by atoms with van der Waals surface area (Å²) in [7, 11) is -3.70. The van der Waals surface area contributed by atoms with Crippen LogP contribution in [0.5, 0.6) is 0 Å². The molecule has 3 aromatic carbocycles. The number of carbonyl (C=O) groups excluding carboxylic acids is 1. The molecule has 0 bridgehead atoms. The summed E-state index contributed by atoms with van der Waals surface area (Å²) in [5.41, 5.74) is 5.39. The van der Waals surface area contributed by atoms with E-state index >= 15 is 0 Å². The van der Waals surface area contributed by atoms with Crippen molar-refractivity contribution in [1.29, 1.82) is 0 Å². The fourth-order valence-electron chi connectivity index (χ4n) is 3.09. The molecule has 0 aromatic heterocycles. The van der Waals surface area contributed by atoms with Crippen LogP contribution >= 0.6 is 0 Å². The van der Waals surface area contributed by atoms with Crippen LogP contribution in [0.3, 0.4) is 0 Å². The Kier molecular flexibility index (Phi) is 7.86. The maximum atomic E-state index is 13.3. The molecule has 0 heterocycles. The van der Waals surface area contributed by atoms with Gasteiger partial charge in [-0.15, -0.1) is 0 Å². The molecule has 0 fully saturated rings. The zero-order valence-electron chi connectivity index (χ0n) is 17.4. The van der Waals surface area contributed by atoms with Gasteiger partial charge in [-0.3, -0.25) is 8.98 Å². The SMILES string of the molecule is CS(=O)(=O)OCC(CC(=O)NN=C(c1ccccc1)c1ccccc1)c1ccc(F)cc1. The van der Waals surface area contributed by atoms with Crippen LogP contribution in [0.1, 0.15) is 29.0 Å². The van der Waals surface area contributed by atoms with E-state index in [9.17, 15) is 17.6 Å². The van der Waals surface area contributed by atoms with Gasteiger partial charge in [0.1, 0.15) is 5.82 Å². The minimum atomic E-state index is -3.70. The number of amides is 1. The van der Waals surface area contributed by atoms with E-state index in [0.717, 1.165) is 17.4 Å². The lowest BCUT2D eigenvalue weighted by Crippen LogP contribution is -2.24. The van der Waals surface area contributed by atoms with Gasteiger partial charge in [0, 0.05) is 23.5 Å². The molecule has 166 valence electrons. The third-order valence-electron chi connectivity index (χ3n) is 4.64. The molecule has 0 radical (unpaired) electrons. The van der Waals surface area contributed by atoms with Crippen LogP contribution < -0.4 is 5.43 Å². The first-order chi connectivity index (χ1) is 15.3. The Balaban J connectivity index is 1.80. The van der Waals surface area contributed by atoms with Crippen molar-refractivity contribution in [3.05, 3.63) is 107 Å². The molecular weight excluding hydrogens is 431 g/mol. The Bertz CT molecular complexity index is 1120. The average molecular weight is 455 g/mol. The van der Waals surface area contributed by atoms with E-state index < -0.39 is 27.8 Å². The second-order valence-corrected chi connectivity index (χ2v) is 8.81. The normalized spacial score (nSPS) is 12.1. The van der Waals surface area contributed by atoms with E-state index in [4.69, 9.17) is 4.18 Å². The molecule has 0 aliphatic carbocycles. The standard InChI is InChI=1S/C24H23FN2O4S/c1-32(29,30)31-17-21(18-12-14-22(25)15-13-18)16-23(28)26-27-24(19-8-4-2-5-9-19)20-10-6-3-7-11-20/h2-15,21H,16-17H2,1H3,(H,26,28). The highest BCUT2D eigenvalue weighted by Crippen LogP contribution is 2.21. The number of halogens is 1. The lowest BCUT2D eigenvalue weighted by Gasteiger charge is -2.16. The Morgan fingerprint density at radius 2 is 1.47 bits per heavy atom. The summed E-state index contributed by atoms with van der Waals surface area (Å²) in [6, 6.07) is 24.3. The molecule has 8 heteroatoms. The molecule has 1 amide bonds. The van der Waals surface area contributed by atoms with Gasteiger partial charge in [0.05, 0.1) is 18.6 Å². The molecular formula is C24H23FN2O4S. The minimum Gasteiger partial charge on any atom is -0.273 e. The largest absolute Gasteiger partial charge is 0.273 e. The van der Waals surface area contributed by atoms with Crippen molar-refractivity contribution in [3.8, 4) is 0 Å². The lowest BCUT2D eigenvalue weighted by molar-refractivity contribution is -0.121. The van der Waals surface area contributed by atoms with Crippen molar-refractivity contribution in [3.63, 3.8) is 0 Å². The average Bonchev–Trinajstić information content (AvgIpc) is 2.78. The van der Waals surface area contributed by atoms with Crippen LogP contribution in [0, 0.1) is 5.82 Å². The summed E-state index contributed by atoms with van der Waals surface area (Å²) in [6.07, 6.45) is 0.840. The van der Waals surface area contributed by atoms with Crippen LogP contribution in [-0.2, 0) is 19.1 Å². The molecule has 0 spiro atoms. The number of hydrogen-bond acceptors (Lipinski definition) is 5. The molecule has 3 rings (SSSR count). The predicted molar refractivity (Wildman–Crippen MR) is 121 cm³/mol. The van der Waals surface area contributed by atoms with Crippen molar-refractivity contribution in [1.82, 2.24) is 5.43 Å². The molecule has 1 unspecified atom stereocenters. The molecule has 0 aliphatic heterocycles. The van der Waals surface area contributed by atoms with Crippen LogP contribution in [0.15, 0.2) is 90.0 Å². The van der Waals surface area contributed by atoms with E-state index in [2.05, 4.69) is 10.5 Å². The Morgan fingerprint density at radius 3 is 1.97 bits per heavy atom. The van der Waals surface area contributed by atoms with Crippen molar-refractivity contribution in [2.45, 2.75) is 12.3 Å². The third-order valence-corrected chi connectivity index (χ3v) is 5.21. The molecule has 6 nitrogen and oxygen atoms in total. The number of hydrazone groups is 1. The van der Waals surface area contributed by atoms with Gasteiger partial charge in [0.25, 0.3) is 10.1 Å². The molecule has 3 aromatic rings. The van der Waals surface area contributed by atoms with Crippen LogP contribution in [-0.4, -0.2) is 32.9 Å². The van der Waals surface area contributed by atoms with E-state index in [1.54, 1.807) is 0 Å². The second kappa shape index (κ2) is 10.8. The highest BCUT2D eigenvalue weighted by atomic mass is 32.2. The van der Waals surface area contributed by atoms with Gasteiger partial charge < -0.3 is 0 Å². The fraction of sp³-hybridized carbons (Fsp3) is 0.167. The van der Waals surface area contributed by atoms with E-state index in [0.29, 0.717) is 11.3 Å². The minimum absolute atomic E-state index is 0.0957. The van der Waals surface area contributed by atoms with Gasteiger partial charge in [0.2, 0.25) is 5.91 Å². The van der Waals surface area contributed by atoms with E-state index in [1.807, 2.05) is 60.7 Å². The molecule has 1 atom stereocenters. The van der Waals surface area contributed by atoms with Crippen LogP contribution in [0.4, 0.5) is 4.39 Å². The van der Waals surface area contributed by atoms with Gasteiger partial charge >= 0.3 is 0 Å². The van der Waals surface area contributed by atoms with E-state index in [-0.39, 0.29) is 13.0 Å². The van der Waals surface area contributed by atoms with Gasteiger partial charge in [-0.2, -0.15) is 13.5 Å². The Hall–Kier alpha value is -3.36. The number of carbonyl (C=O) groups is 1. The first kappa shape index (κ1) is 23.3. The van der Waals surface area contributed by atoms with Gasteiger partial charge in [-0.1, -0.05) is 72.8 Å². The smallest absolute Gasteiger partial charge is 0.264 e. The topological polar surface area (TPSA) is 84.8 Å². The van der Waals surface area contributed by atoms with Gasteiger partial charge in [-0.25, -0.2) is 9.82 Å². The number of rotatable bonds is 9. The first-order valence-corrected chi connectivity index (χ1v) is 11.7. The third kappa shape index (κ3) is 7.11. The monoisotopic (exact) mass is 454 g/mol. The molecule has 0 saturated heterocycles. The van der Waals surface area contributed by atoms with Gasteiger partial charge in [0.15, 0.2) is 0 Å². The summed E-state index contributed by atoms with van der Waals surface area (Å²) in [5, 5.41) is 4.33. The summed E-state index contributed by atoms with van der Waals surface area (Å²) in [5.74, 6) is -1.46. The van der Waals surface area contributed by atoms with Crippen molar-refractivity contribution < 1.29 is 21.8 Å². The fourth-order valence-corrected chi connectivity index (χ4v) is 3.50. The van der Waals surface area contributed by atoms with Crippen molar-refractivity contribution in [2.75, 3.05) is 12.9 Å². The molecule has 32 heavy (non-hydrogen) atoms. The first-order valence-electron chi connectivity index (χ1n) is 9.89. The van der Waals surface area contributed by atoms with Crippen molar-refractivity contribution in [2.24, 2.45) is 5.10 Å². The molecule has 0 saturated carbocycles. The molecule has 1 N–H and O–H groups in total. The van der Waals surface area contributed by atoms with Crippen molar-refractivity contribution >= 4 is 21.7 Å². The highest BCUT2D eigenvalue weighted by molar-refractivity contribution is 7.85. The quantitative estimate of drug-likeness (QED) is 0.302. The Labute approximate surface area is 186 Å². The number of hydrogen-bond donors (Lipinski definition) is 1. The summed E-state index contributed by atoms with van der Waals surface area (Å²) in [4.78, 5) is 12.7. The second-order valence-electron chi connectivity index (χ2n) is 7.17. The van der Waals surface area contributed by atoms with E-state index in [1.165, 1.54) is 24.3 Å². The summed E-state index contributed by atoms with van der Waals surface area (Å²) >= 11 is 0. The number of nitrogens with zero attached hydrogens (tertiary/aromatic N) is 1. The zero-order valence-corrected chi connectivity index (χ0v) is 18.3. The van der Waals surface area contributed by atoms with Crippen LogP contribution in [0.2, 0.25) is 0 Å². The lowest BCUT2D eigenvalue weighted by atomic mass is 9.96. The zero-order chi connectivity index (χ0) is 23.0. The summed E-state index contributed by atoms with van der Waals surface area (Å²) in [6.45, 7) is -0.244. The highest BCUT2D eigenvalue weighted by Gasteiger charge is 2.19.